The molecule has 6 unspecified atom stereocenters. The lowest BCUT2D eigenvalue weighted by Crippen LogP contribution is -2.51. The molecule has 3 aliphatic rings. The van der Waals surface area contributed by atoms with Gasteiger partial charge >= 0.3 is 6.09 Å². The molecule has 6 atom stereocenters. The summed E-state index contributed by atoms with van der Waals surface area (Å²) in [6.07, 6.45) is 0.214. The zero-order valence-electron chi connectivity index (χ0n) is 15.8. The fraction of sp³-hybridized carbons (Fsp3) is 0.765. The minimum Gasteiger partial charge on any atom is -0.447 e. The second kappa shape index (κ2) is 9.35. The number of fused-ring (bicyclic) bond motifs is 1. The number of rotatable bonds is 4. The molecule has 0 aromatic heterocycles. The van der Waals surface area contributed by atoms with Crippen LogP contribution in [-0.2, 0) is 14.3 Å². The van der Waals surface area contributed by atoms with Crippen LogP contribution in [0.25, 0.3) is 0 Å². The number of alkyl carbamates (subject to hydrolysis) is 1. The minimum atomic E-state index is -0.766. The van der Waals surface area contributed by atoms with Crippen LogP contribution < -0.4 is 21.3 Å². The van der Waals surface area contributed by atoms with Gasteiger partial charge in [0.1, 0.15) is 5.37 Å². The highest BCUT2D eigenvalue weighted by Gasteiger charge is 2.43. The SMILES string of the molecule is CC(C)OC(=O)NC(=O)C1CCSC1NC(=O)C1NC2CC(C#N)CNC2S1. The van der Waals surface area contributed by atoms with E-state index in [4.69, 9.17) is 10.00 Å². The Bertz CT molecular complexity index is 670. The summed E-state index contributed by atoms with van der Waals surface area (Å²) >= 11 is 2.99. The van der Waals surface area contributed by atoms with Crippen LogP contribution in [0.4, 0.5) is 4.79 Å². The zero-order chi connectivity index (χ0) is 20.3. The van der Waals surface area contributed by atoms with Gasteiger partial charge in [0, 0.05) is 12.6 Å². The van der Waals surface area contributed by atoms with E-state index in [0.29, 0.717) is 19.4 Å². The summed E-state index contributed by atoms with van der Waals surface area (Å²) in [5, 5.41) is 20.1. The predicted molar refractivity (Wildman–Crippen MR) is 106 cm³/mol. The van der Waals surface area contributed by atoms with E-state index >= 15 is 0 Å². The second-order valence-electron chi connectivity index (χ2n) is 7.32. The van der Waals surface area contributed by atoms with Crippen molar-refractivity contribution in [1.82, 2.24) is 21.3 Å². The number of thioether (sulfide) groups is 2. The van der Waals surface area contributed by atoms with E-state index in [2.05, 4.69) is 27.3 Å². The molecule has 4 N–H and O–H groups in total. The summed E-state index contributed by atoms with van der Waals surface area (Å²) in [6.45, 7) is 4.04. The number of nitriles is 1. The van der Waals surface area contributed by atoms with Crippen LogP contribution in [-0.4, -0.2) is 58.5 Å². The third-order valence-electron chi connectivity index (χ3n) is 4.82. The average Bonchev–Trinajstić information content (AvgIpc) is 3.26. The van der Waals surface area contributed by atoms with Crippen molar-refractivity contribution in [3.8, 4) is 6.07 Å². The molecule has 28 heavy (non-hydrogen) atoms. The molecular weight excluding hydrogens is 402 g/mol. The molecular formula is C17H25N5O4S2. The van der Waals surface area contributed by atoms with Crippen LogP contribution in [0.1, 0.15) is 26.7 Å². The van der Waals surface area contributed by atoms with Crippen molar-refractivity contribution >= 4 is 41.4 Å². The molecule has 154 valence electrons. The van der Waals surface area contributed by atoms with E-state index in [1.54, 1.807) is 13.8 Å². The molecule has 0 bridgehead atoms. The lowest BCUT2D eigenvalue weighted by molar-refractivity contribution is -0.125. The molecule has 3 rings (SSSR count). The molecule has 3 aliphatic heterocycles. The second-order valence-corrected chi connectivity index (χ2v) is 9.82. The molecule has 0 aromatic rings. The predicted octanol–water partition coefficient (Wildman–Crippen LogP) is 0.333. The lowest BCUT2D eigenvalue weighted by Gasteiger charge is -2.28. The van der Waals surface area contributed by atoms with E-state index in [1.807, 2.05) is 0 Å². The van der Waals surface area contributed by atoms with Gasteiger partial charge in [0.25, 0.3) is 0 Å². The van der Waals surface area contributed by atoms with Crippen molar-refractivity contribution < 1.29 is 19.1 Å². The fourth-order valence-corrected chi connectivity index (χ4v) is 6.13. The van der Waals surface area contributed by atoms with Crippen molar-refractivity contribution in [3.63, 3.8) is 0 Å². The molecule has 0 aromatic carbocycles. The smallest absolute Gasteiger partial charge is 0.414 e. The van der Waals surface area contributed by atoms with Gasteiger partial charge in [-0.1, -0.05) is 0 Å². The Morgan fingerprint density at radius 1 is 1.29 bits per heavy atom. The lowest BCUT2D eigenvalue weighted by atomic mass is 9.97. The van der Waals surface area contributed by atoms with Crippen LogP contribution in [0.15, 0.2) is 0 Å². The summed E-state index contributed by atoms with van der Waals surface area (Å²) in [7, 11) is 0. The van der Waals surface area contributed by atoms with E-state index < -0.39 is 23.3 Å². The number of carbonyl (C=O) groups excluding carboxylic acids is 3. The van der Waals surface area contributed by atoms with Gasteiger partial charge in [-0.25, -0.2) is 4.79 Å². The Morgan fingerprint density at radius 3 is 2.79 bits per heavy atom. The minimum absolute atomic E-state index is 0.0554. The average molecular weight is 428 g/mol. The Kier molecular flexibility index (Phi) is 7.09. The van der Waals surface area contributed by atoms with Gasteiger partial charge in [-0.05, 0) is 32.4 Å². The maximum atomic E-state index is 12.7. The van der Waals surface area contributed by atoms with Gasteiger partial charge in [-0.2, -0.15) is 5.26 Å². The van der Waals surface area contributed by atoms with E-state index in [1.165, 1.54) is 23.5 Å². The first-order chi connectivity index (χ1) is 13.4. The van der Waals surface area contributed by atoms with Gasteiger partial charge in [0.15, 0.2) is 0 Å². The molecule has 0 radical (unpaired) electrons. The van der Waals surface area contributed by atoms with E-state index in [0.717, 1.165) is 5.75 Å². The van der Waals surface area contributed by atoms with Gasteiger partial charge in [0.05, 0.1) is 34.8 Å². The van der Waals surface area contributed by atoms with Crippen LogP contribution in [0.2, 0.25) is 0 Å². The third-order valence-corrected chi connectivity index (χ3v) is 7.51. The Hall–Kier alpha value is -1.48. The Morgan fingerprint density at radius 2 is 2.07 bits per heavy atom. The first-order valence-corrected chi connectivity index (χ1v) is 11.3. The molecule has 9 nitrogen and oxygen atoms in total. The maximum Gasteiger partial charge on any atom is 0.414 e. The topological polar surface area (TPSA) is 132 Å². The number of nitrogens with one attached hydrogen (secondary N) is 4. The number of hydrogen-bond acceptors (Lipinski definition) is 9. The summed E-state index contributed by atoms with van der Waals surface area (Å²) in [6, 6.07) is 2.34. The number of ether oxygens (including phenoxy) is 1. The number of nitrogens with zero attached hydrogens (tertiary/aromatic N) is 1. The first kappa shape index (κ1) is 21.2. The molecule has 3 saturated heterocycles. The molecule has 3 amide bonds. The first-order valence-electron chi connectivity index (χ1n) is 9.35. The summed E-state index contributed by atoms with van der Waals surface area (Å²) in [4.78, 5) is 36.8. The number of hydrogen-bond donors (Lipinski definition) is 4. The molecule has 0 spiro atoms. The van der Waals surface area contributed by atoms with E-state index in [9.17, 15) is 14.4 Å². The zero-order valence-corrected chi connectivity index (χ0v) is 17.4. The largest absolute Gasteiger partial charge is 0.447 e. The molecule has 0 saturated carbocycles. The van der Waals surface area contributed by atoms with Crippen molar-refractivity contribution in [2.24, 2.45) is 11.8 Å². The summed E-state index contributed by atoms with van der Waals surface area (Å²) in [5.74, 6) is -0.426. The molecule has 0 aliphatic carbocycles. The van der Waals surface area contributed by atoms with Gasteiger partial charge in [-0.3, -0.25) is 20.2 Å². The van der Waals surface area contributed by atoms with Gasteiger partial charge < -0.3 is 15.4 Å². The van der Waals surface area contributed by atoms with Crippen molar-refractivity contribution in [1.29, 1.82) is 5.26 Å². The normalized spacial score (nSPS) is 34.4. The highest BCUT2D eigenvalue weighted by molar-refractivity contribution is 8.01. The van der Waals surface area contributed by atoms with Gasteiger partial charge in [-0.15, -0.1) is 23.5 Å². The van der Waals surface area contributed by atoms with Crippen molar-refractivity contribution in [3.05, 3.63) is 0 Å². The van der Waals surface area contributed by atoms with Crippen LogP contribution >= 0.6 is 23.5 Å². The van der Waals surface area contributed by atoms with Crippen molar-refractivity contribution in [2.75, 3.05) is 12.3 Å². The highest BCUT2D eigenvalue weighted by atomic mass is 32.2. The highest BCUT2D eigenvalue weighted by Crippen LogP contribution is 2.34. The van der Waals surface area contributed by atoms with Crippen molar-refractivity contribution in [2.45, 2.75) is 55.0 Å². The van der Waals surface area contributed by atoms with Crippen LogP contribution in [0.5, 0.6) is 0 Å². The summed E-state index contributed by atoms with van der Waals surface area (Å²) in [5.41, 5.74) is 0. The number of carbonyl (C=O) groups is 3. The van der Waals surface area contributed by atoms with Gasteiger partial charge in [0.2, 0.25) is 11.8 Å². The molecule has 11 heteroatoms. The Labute approximate surface area is 172 Å². The third kappa shape index (κ3) is 5.11. The van der Waals surface area contributed by atoms with E-state index in [-0.39, 0.29) is 34.7 Å². The van der Waals surface area contributed by atoms with Crippen LogP contribution in [0, 0.1) is 23.2 Å². The fourth-order valence-electron chi connectivity index (χ4n) is 3.48. The summed E-state index contributed by atoms with van der Waals surface area (Å²) < 4.78 is 4.94. The van der Waals surface area contributed by atoms with Crippen LogP contribution in [0.3, 0.4) is 0 Å². The number of amides is 3. The monoisotopic (exact) mass is 427 g/mol. The molecule has 3 fully saturated rings. The number of piperidine rings is 1. The number of imide groups is 1. The Balaban J connectivity index is 1.51. The standard InChI is InChI=1S/C17H25N5O4S2/c1-8(2)26-17(25)22-12(23)10-3-4-27-14(10)21-13(24)16-20-11-5-9(6-18)7-19-15(11)28-16/h8-11,14-16,19-20H,3-5,7H2,1-2H3,(H,21,24)(H,22,23,25). The maximum absolute atomic E-state index is 12.7. The quantitative estimate of drug-likeness (QED) is 0.501. The molecule has 3 heterocycles.